The predicted molar refractivity (Wildman–Crippen MR) is 52.6 cm³/mol. The molecule has 2 rings (SSSR count). The molecule has 1 fully saturated rings. The van der Waals surface area contributed by atoms with E-state index < -0.39 is 5.97 Å². The Bertz CT molecular complexity index is 344. The van der Waals surface area contributed by atoms with Gasteiger partial charge in [0.05, 0.1) is 6.20 Å². The van der Waals surface area contributed by atoms with Crippen molar-refractivity contribution in [2.24, 2.45) is 5.92 Å². The minimum atomic E-state index is -1.02. The van der Waals surface area contributed by atoms with Gasteiger partial charge in [-0.25, -0.2) is 4.79 Å². The third-order valence-corrected chi connectivity index (χ3v) is 2.60. The van der Waals surface area contributed by atoms with Crippen LogP contribution < -0.4 is 5.32 Å². The quantitative estimate of drug-likeness (QED) is 0.732. The lowest BCUT2D eigenvalue weighted by molar-refractivity contribution is 0.0690. The zero-order chi connectivity index (χ0) is 10.7. The van der Waals surface area contributed by atoms with Crippen molar-refractivity contribution < 1.29 is 9.90 Å². The van der Waals surface area contributed by atoms with Gasteiger partial charge >= 0.3 is 5.97 Å². The molecule has 6 heteroatoms. The molecule has 1 aliphatic heterocycles. The number of carboxylic acid groups (broad SMARTS) is 1. The van der Waals surface area contributed by atoms with Gasteiger partial charge in [-0.15, -0.1) is 5.10 Å². The lowest BCUT2D eigenvalue weighted by Gasteiger charge is -2.22. The molecular weight excluding hydrogens is 196 g/mol. The van der Waals surface area contributed by atoms with Gasteiger partial charge in [0.25, 0.3) is 0 Å². The molecule has 2 heterocycles. The Morgan fingerprint density at radius 2 is 2.60 bits per heavy atom. The highest BCUT2D eigenvalue weighted by Gasteiger charge is 2.15. The van der Waals surface area contributed by atoms with Gasteiger partial charge in [0.1, 0.15) is 0 Å². The Labute approximate surface area is 87.3 Å². The van der Waals surface area contributed by atoms with Crippen LogP contribution in [-0.2, 0) is 6.54 Å². The van der Waals surface area contributed by atoms with Crippen LogP contribution >= 0.6 is 0 Å². The van der Waals surface area contributed by atoms with Crippen molar-refractivity contribution in [3.63, 3.8) is 0 Å². The molecule has 0 bridgehead atoms. The molecule has 0 aromatic carbocycles. The molecule has 15 heavy (non-hydrogen) atoms. The van der Waals surface area contributed by atoms with Crippen LogP contribution in [-0.4, -0.2) is 39.2 Å². The highest BCUT2D eigenvalue weighted by Crippen LogP contribution is 2.11. The van der Waals surface area contributed by atoms with Gasteiger partial charge < -0.3 is 10.4 Å². The van der Waals surface area contributed by atoms with Crippen LogP contribution in [0.25, 0.3) is 0 Å². The van der Waals surface area contributed by atoms with Crippen molar-refractivity contribution >= 4 is 5.97 Å². The molecule has 0 amide bonds. The number of hydrogen-bond donors (Lipinski definition) is 2. The molecule has 0 aliphatic carbocycles. The van der Waals surface area contributed by atoms with E-state index >= 15 is 0 Å². The van der Waals surface area contributed by atoms with Crippen molar-refractivity contribution in [2.75, 3.05) is 13.1 Å². The van der Waals surface area contributed by atoms with Crippen molar-refractivity contribution in [2.45, 2.75) is 19.4 Å². The van der Waals surface area contributed by atoms with E-state index in [1.165, 1.54) is 12.6 Å². The first-order chi connectivity index (χ1) is 7.25. The first-order valence-electron chi connectivity index (χ1n) is 5.10. The van der Waals surface area contributed by atoms with Crippen molar-refractivity contribution in [1.82, 2.24) is 20.3 Å². The SMILES string of the molecule is O=C(O)c1cn(C[C@@H]2CCCNC2)nn1. The van der Waals surface area contributed by atoms with Gasteiger partial charge in [-0.05, 0) is 31.8 Å². The highest BCUT2D eigenvalue weighted by molar-refractivity contribution is 5.84. The lowest BCUT2D eigenvalue weighted by Crippen LogP contribution is -2.32. The second kappa shape index (κ2) is 4.39. The molecule has 1 saturated heterocycles. The molecule has 1 aromatic rings. The standard InChI is InChI=1S/C9H14N4O2/c14-9(15)8-6-13(12-11-8)5-7-2-1-3-10-4-7/h6-7,10H,1-5H2,(H,14,15)/t7-/m1/s1. The third-order valence-electron chi connectivity index (χ3n) is 2.60. The molecule has 1 aromatic heterocycles. The fourth-order valence-electron chi connectivity index (χ4n) is 1.83. The minimum absolute atomic E-state index is 0.0127. The van der Waals surface area contributed by atoms with Crippen molar-refractivity contribution in [3.8, 4) is 0 Å². The number of nitrogens with one attached hydrogen (secondary N) is 1. The summed E-state index contributed by atoms with van der Waals surface area (Å²) in [6.07, 6.45) is 3.82. The number of piperidine rings is 1. The van der Waals surface area contributed by atoms with Crippen LogP contribution in [0.3, 0.4) is 0 Å². The average molecular weight is 210 g/mol. The summed E-state index contributed by atoms with van der Waals surface area (Å²) in [5, 5.41) is 19.3. The van der Waals surface area contributed by atoms with Crippen LogP contribution in [0.4, 0.5) is 0 Å². The molecule has 0 radical (unpaired) electrons. The highest BCUT2D eigenvalue weighted by atomic mass is 16.4. The third kappa shape index (κ3) is 2.53. The van der Waals surface area contributed by atoms with Gasteiger partial charge in [-0.1, -0.05) is 5.21 Å². The number of rotatable bonds is 3. The number of carbonyl (C=O) groups is 1. The molecule has 2 N–H and O–H groups in total. The summed E-state index contributed by atoms with van der Waals surface area (Å²) in [6, 6.07) is 0. The van der Waals surface area contributed by atoms with Gasteiger partial charge in [-0.3, -0.25) is 4.68 Å². The van der Waals surface area contributed by atoms with Crippen LogP contribution in [0.5, 0.6) is 0 Å². The zero-order valence-corrected chi connectivity index (χ0v) is 8.39. The predicted octanol–water partition coefficient (Wildman–Crippen LogP) is -0.0241. The Balaban J connectivity index is 1.94. The van der Waals surface area contributed by atoms with E-state index in [0.29, 0.717) is 5.92 Å². The topological polar surface area (TPSA) is 80.0 Å². The Morgan fingerprint density at radius 1 is 1.73 bits per heavy atom. The second-order valence-corrected chi connectivity index (χ2v) is 3.84. The van der Waals surface area contributed by atoms with Crippen molar-refractivity contribution in [3.05, 3.63) is 11.9 Å². The fraction of sp³-hybridized carbons (Fsp3) is 0.667. The maximum absolute atomic E-state index is 10.6. The Morgan fingerprint density at radius 3 is 3.20 bits per heavy atom. The van der Waals surface area contributed by atoms with Crippen LogP contribution in [0.15, 0.2) is 6.20 Å². The van der Waals surface area contributed by atoms with Crippen LogP contribution in [0.1, 0.15) is 23.3 Å². The van der Waals surface area contributed by atoms with E-state index in [1.807, 2.05) is 0 Å². The summed E-state index contributed by atoms with van der Waals surface area (Å²) in [6.45, 7) is 2.80. The summed E-state index contributed by atoms with van der Waals surface area (Å²) in [4.78, 5) is 10.6. The summed E-state index contributed by atoms with van der Waals surface area (Å²) in [5.41, 5.74) is 0.0127. The summed E-state index contributed by atoms with van der Waals surface area (Å²) in [5.74, 6) is -0.495. The van der Waals surface area contributed by atoms with E-state index in [9.17, 15) is 4.79 Å². The smallest absolute Gasteiger partial charge is 0.358 e. The number of carboxylic acids is 1. The molecule has 1 aliphatic rings. The summed E-state index contributed by atoms with van der Waals surface area (Å²) < 4.78 is 1.61. The van der Waals surface area contributed by atoms with E-state index in [1.54, 1.807) is 4.68 Å². The summed E-state index contributed by atoms with van der Waals surface area (Å²) in [7, 11) is 0. The number of hydrogen-bond acceptors (Lipinski definition) is 4. The molecule has 0 spiro atoms. The van der Waals surface area contributed by atoms with Crippen LogP contribution in [0.2, 0.25) is 0 Å². The van der Waals surface area contributed by atoms with Crippen molar-refractivity contribution in [1.29, 1.82) is 0 Å². The van der Waals surface area contributed by atoms with Gasteiger partial charge in [0.15, 0.2) is 5.69 Å². The molecule has 0 unspecified atom stereocenters. The first-order valence-corrected chi connectivity index (χ1v) is 5.10. The average Bonchev–Trinajstić information content (AvgIpc) is 2.68. The van der Waals surface area contributed by atoms with E-state index in [4.69, 9.17) is 5.11 Å². The second-order valence-electron chi connectivity index (χ2n) is 3.84. The molecule has 6 nitrogen and oxygen atoms in total. The maximum Gasteiger partial charge on any atom is 0.358 e. The minimum Gasteiger partial charge on any atom is -0.476 e. The maximum atomic E-state index is 10.6. The van der Waals surface area contributed by atoms with E-state index in [-0.39, 0.29) is 5.69 Å². The van der Waals surface area contributed by atoms with Gasteiger partial charge in [0.2, 0.25) is 0 Å². The number of aromatic nitrogens is 3. The number of nitrogens with zero attached hydrogens (tertiary/aromatic N) is 3. The molecule has 1 atom stereocenters. The summed E-state index contributed by atoms with van der Waals surface area (Å²) >= 11 is 0. The zero-order valence-electron chi connectivity index (χ0n) is 8.39. The normalized spacial score (nSPS) is 21.5. The molecule has 0 saturated carbocycles. The molecular formula is C9H14N4O2. The monoisotopic (exact) mass is 210 g/mol. The lowest BCUT2D eigenvalue weighted by atomic mass is 10.00. The van der Waals surface area contributed by atoms with Crippen LogP contribution in [0, 0.1) is 5.92 Å². The van der Waals surface area contributed by atoms with E-state index in [0.717, 1.165) is 26.1 Å². The number of aromatic carboxylic acids is 1. The Kier molecular flexibility index (Phi) is 2.96. The van der Waals surface area contributed by atoms with E-state index in [2.05, 4.69) is 15.6 Å². The van der Waals surface area contributed by atoms with Gasteiger partial charge in [-0.2, -0.15) is 0 Å². The molecule has 82 valence electrons. The van der Waals surface area contributed by atoms with Gasteiger partial charge in [0, 0.05) is 6.54 Å². The first kappa shape index (κ1) is 10.1. The fourth-order valence-corrected chi connectivity index (χ4v) is 1.83. The Hall–Kier alpha value is -1.43. The largest absolute Gasteiger partial charge is 0.476 e.